The lowest BCUT2D eigenvalue weighted by Gasteiger charge is -2.16. The van der Waals surface area contributed by atoms with Gasteiger partial charge in [0.25, 0.3) is 0 Å². The Hall–Kier alpha value is -1.36. The predicted octanol–water partition coefficient (Wildman–Crippen LogP) is 1.78. The summed E-state index contributed by atoms with van der Waals surface area (Å²) in [6, 6.07) is 1.52. The number of hydrogen-bond donors (Lipinski definition) is 2. The average molecular weight is 238 g/mol. The van der Waals surface area contributed by atoms with Gasteiger partial charge >= 0.3 is 0 Å². The fraction of sp³-hybridized carbons (Fsp3) is 0.667. The number of nitrogens with two attached hydrogens (primary N) is 1. The third-order valence-corrected chi connectivity index (χ3v) is 2.47. The van der Waals surface area contributed by atoms with E-state index in [1.807, 2.05) is 27.7 Å². The minimum atomic E-state index is -0.467. The molecule has 0 radical (unpaired) electrons. The molecular formula is C12H22N4O. The Morgan fingerprint density at radius 2 is 2.12 bits per heavy atom. The molecule has 1 aromatic heterocycles. The lowest BCUT2D eigenvalue weighted by molar-refractivity contribution is -0.117. The highest BCUT2D eigenvalue weighted by Gasteiger charge is 2.17. The first kappa shape index (κ1) is 13.7. The van der Waals surface area contributed by atoms with Crippen molar-refractivity contribution in [3.8, 4) is 0 Å². The summed E-state index contributed by atoms with van der Waals surface area (Å²) in [7, 11) is 0. The van der Waals surface area contributed by atoms with Crippen molar-refractivity contribution in [2.45, 2.75) is 46.2 Å². The molecule has 1 amide bonds. The van der Waals surface area contributed by atoms with Crippen LogP contribution in [0.25, 0.3) is 0 Å². The van der Waals surface area contributed by atoms with Gasteiger partial charge < -0.3 is 11.1 Å². The van der Waals surface area contributed by atoms with E-state index in [0.717, 1.165) is 0 Å². The Bertz CT molecular complexity index is 370. The van der Waals surface area contributed by atoms with Crippen molar-refractivity contribution in [1.82, 2.24) is 9.78 Å². The van der Waals surface area contributed by atoms with Gasteiger partial charge in [0.2, 0.25) is 5.91 Å². The minimum absolute atomic E-state index is 0.152. The number of carbonyl (C=O) groups is 1. The molecular weight excluding hydrogens is 216 g/mol. The van der Waals surface area contributed by atoms with Gasteiger partial charge in [-0.05, 0) is 26.2 Å². The van der Waals surface area contributed by atoms with E-state index < -0.39 is 6.04 Å². The van der Waals surface area contributed by atoms with Crippen LogP contribution in [-0.2, 0) is 4.79 Å². The van der Waals surface area contributed by atoms with Crippen LogP contribution in [0.15, 0.2) is 12.3 Å². The number of aromatic nitrogens is 2. The normalized spacial score (nSPS) is 13.1. The molecule has 0 unspecified atom stereocenters. The van der Waals surface area contributed by atoms with E-state index in [1.54, 1.807) is 16.9 Å². The summed E-state index contributed by atoms with van der Waals surface area (Å²) < 4.78 is 1.76. The van der Waals surface area contributed by atoms with E-state index in [1.165, 1.54) is 0 Å². The third-order valence-electron chi connectivity index (χ3n) is 2.47. The van der Waals surface area contributed by atoms with Crippen LogP contribution < -0.4 is 11.1 Å². The molecule has 0 saturated carbocycles. The lowest BCUT2D eigenvalue weighted by atomic mass is 10.0. The van der Waals surface area contributed by atoms with Gasteiger partial charge in [0.1, 0.15) is 5.82 Å². The van der Waals surface area contributed by atoms with Crippen LogP contribution in [0.1, 0.15) is 40.2 Å². The van der Waals surface area contributed by atoms with Crippen LogP contribution in [0.4, 0.5) is 5.82 Å². The van der Waals surface area contributed by atoms with Crippen LogP contribution in [0.3, 0.4) is 0 Å². The Labute approximate surface area is 102 Å². The van der Waals surface area contributed by atoms with Gasteiger partial charge in [-0.1, -0.05) is 13.8 Å². The first-order valence-corrected chi connectivity index (χ1v) is 6.01. The third kappa shape index (κ3) is 3.85. The van der Waals surface area contributed by atoms with Crippen molar-refractivity contribution in [3.05, 3.63) is 12.3 Å². The number of amides is 1. The van der Waals surface area contributed by atoms with Crippen molar-refractivity contribution < 1.29 is 4.79 Å². The minimum Gasteiger partial charge on any atom is -0.320 e. The predicted molar refractivity (Wildman–Crippen MR) is 68.7 cm³/mol. The highest BCUT2D eigenvalue weighted by molar-refractivity contribution is 5.93. The molecule has 17 heavy (non-hydrogen) atoms. The number of anilines is 1. The largest absolute Gasteiger partial charge is 0.320 e. The SMILES string of the molecule is CC(C)C[C@@H](N)C(=O)Nc1ccnn1C(C)C. The summed E-state index contributed by atoms with van der Waals surface area (Å²) >= 11 is 0. The highest BCUT2D eigenvalue weighted by atomic mass is 16.2. The van der Waals surface area contributed by atoms with Crippen molar-refractivity contribution in [2.75, 3.05) is 5.32 Å². The van der Waals surface area contributed by atoms with Gasteiger partial charge in [0.05, 0.1) is 12.2 Å². The smallest absolute Gasteiger partial charge is 0.242 e. The number of rotatable bonds is 5. The lowest BCUT2D eigenvalue weighted by Crippen LogP contribution is -2.37. The quantitative estimate of drug-likeness (QED) is 0.821. The summed E-state index contributed by atoms with van der Waals surface area (Å²) in [4.78, 5) is 11.8. The van der Waals surface area contributed by atoms with E-state index >= 15 is 0 Å². The Kier molecular flexibility index (Phi) is 4.69. The molecule has 0 aliphatic carbocycles. The first-order chi connectivity index (χ1) is 7.91. The molecule has 0 aliphatic heterocycles. The van der Waals surface area contributed by atoms with Crippen LogP contribution in [0, 0.1) is 5.92 Å². The monoisotopic (exact) mass is 238 g/mol. The number of hydrogen-bond acceptors (Lipinski definition) is 3. The molecule has 0 aromatic carbocycles. The van der Waals surface area contributed by atoms with Gasteiger partial charge in [-0.25, -0.2) is 4.68 Å². The van der Waals surface area contributed by atoms with E-state index in [-0.39, 0.29) is 11.9 Å². The topological polar surface area (TPSA) is 72.9 Å². The number of carbonyl (C=O) groups excluding carboxylic acids is 1. The molecule has 5 heteroatoms. The van der Waals surface area contributed by atoms with Gasteiger partial charge in [-0.15, -0.1) is 0 Å². The number of nitrogens with one attached hydrogen (secondary N) is 1. The second-order valence-corrected chi connectivity index (χ2v) is 4.98. The zero-order valence-corrected chi connectivity index (χ0v) is 11.0. The van der Waals surface area contributed by atoms with Gasteiger partial charge in [0.15, 0.2) is 0 Å². The van der Waals surface area contributed by atoms with E-state index in [9.17, 15) is 4.79 Å². The summed E-state index contributed by atoms with van der Waals surface area (Å²) in [5, 5.41) is 6.96. The number of nitrogens with zero attached hydrogens (tertiary/aromatic N) is 2. The molecule has 96 valence electrons. The molecule has 1 aromatic rings. The maximum absolute atomic E-state index is 11.8. The van der Waals surface area contributed by atoms with Crippen LogP contribution >= 0.6 is 0 Å². The average Bonchev–Trinajstić information content (AvgIpc) is 2.64. The van der Waals surface area contributed by atoms with Crippen molar-refractivity contribution in [3.63, 3.8) is 0 Å². The Morgan fingerprint density at radius 3 is 2.65 bits per heavy atom. The summed E-state index contributed by atoms with van der Waals surface area (Å²) in [6.07, 6.45) is 2.35. The molecule has 1 heterocycles. The fourth-order valence-corrected chi connectivity index (χ4v) is 1.66. The standard InChI is InChI=1S/C12H22N4O/c1-8(2)7-10(13)12(17)15-11-5-6-14-16(11)9(3)4/h5-6,8-10H,7,13H2,1-4H3,(H,15,17)/t10-/m1/s1. The second kappa shape index (κ2) is 5.82. The molecule has 0 aliphatic rings. The molecule has 0 saturated heterocycles. The summed E-state index contributed by atoms with van der Waals surface area (Å²) in [5.74, 6) is 0.955. The zero-order valence-electron chi connectivity index (χ0n) is 11.0. The van der Waals surface area contributed by atoms with E-state index in [4.69, 9.17) is 5.73 Å². The molecule has 0 spiro atoms. The van der Waals surface area contributed by atoms with Gasteiger partial charge in [-0.3, -0.25) is 4.79 Å². The van der Waals surface area contributed by atoms with Crippen LogP contribution in [-0.4, -0.2) is 21.7 Å². The molecule has 5 nitrogen and oxygen atoms in total. The highest BCUT2D eigenvalue weighted by Crippen LogP contribution is 2.13. The van der Waals surface area contributed by atoms with E-state index in [2.05, 4.69) is 10.4 Å². The molecule has 3 N–H and O–H groups in total. The van der Waals surface area contributed by atoms with E-state index in [0.29, 0.717) is 18.2 Å². The molecule has 1 atom stereocenters. The molecule has 1 rings (SSSR count). The Balaban J connectivity index is 2.64. The van der Waals surface area contributed by atoms with Crippen LogP contribution in [0.5, 0.6) is 0 Å². The summed E-state index contributed by atoms with van der Waals surface area (Å²) in [5.41, 5.74) is 5.82. The fourth-order valence-electron chi connectivity index (χ4n) is 1.66. The first-order valence-electron chi connectivity index (χ1n) is 6.01. The molecule has 0 bridgehead atoms. The maximum atomic E-state index is 11.8. The van der Waals surface area contributed by atoms with Crippen LogP contribution in [0.2, 0.25) is 0 Å². The second-order valence-electron chi connectivity index (χ2n) is 4.98. The summed E-state index contributed by atoms with van der Waals surface area (Å²) in [6.45, 7) is 8.12. The van der Waals surface area contributed by atoms with Crippen molar-refractivity contribution in [2.24, 2.45) is 11.7 Å². The molecule has 0 fully saturated rings. The van der Waals surface area contributed by atoms with Gasteiger partial charge in [-0.2, -0.15) is 5.10 Å². The zero-order chi connectivity index (χ0) is 13.0. The van der Waals surface area contributed by atoms with Gasteiger partial charge in [0, 0.05) is 12.1 Å². The van der Waals surface area contributed by atoms with Crippen molar-refractivity contribution in [1.29, 1.82) is 0 Å². The maximum Gasteiger partial charge on any atom is 0.242 e. The van der Waals surface area contributed by atoms with Crippen molar-refractivity contribution >= 4 is 11.7 Å². The Morgan fingerprint density at radius 1 is 1.47 bits per heavy atom.